The van der Waals surface area contributed by atoms with Crippen LogP contribution in [0.2, 0.25) is 0 Å². The van der Waals surface area contributed by atoms with Crippen LogP contribution in [-0.4, -0.2) is 23.2 Å². The number of anilines is 2. The largest absolute Gasteiger partial charge is 0.465 e. The molecule has 0 amide bonds. The molecule has 0 aliphatic heterocycles. The number of hydrogen-bond donors (Lipinski definition) is 2. The molecule has 8 heteroatoms. The molecule has 0 aromatic carbocycles. The van der Waals surface area contributed by atoms with Crippen LogP contribution in [0.15, 0.2) is 22.8 Å². The Hall–Kier alpha value is -1.51. The van der Waals surface area contributed by atoms with Crippen LogP contribution in [-0.2, 0) is 17.6 Å². The Bertz CT molecular complexity index is 805. The van der Waals surface area contributed by atoms with E-state index in [2.05, 4.69) is 38.5 Å². The minimum atomic E-state index is -0.320. The topological polar surface area (TPSA) is 63.2 Å². The molecule has 2 N–H and O–H groups in total. The maximum absolute atomic E-state index is 12.3. The maximum atomic E-state index is 12.3. The van der Waals surface area contributed by atoms with Crippen molar-refractivity contribution in [2.45, 2.75) is 26.2 Å². The molecule has 2 heterocycles. The SMILES string of the molecule is COC(=O)c1c(NC(=S)Nc2ccc(Br)cn2)sc2c1CC[C@H](C)C2. The van der Waals surface area contributed by atoms with Crippen LogP contribution < -0.4 is 10.6 Å². The number of nitrogens with one attached hydrogen (secondary N) is 2. The van der Waals surface area contributed by atoms with Crippen LogP contribution in [0.1, 0.15) is 34.1 Å². The molecule has 25 heavy (non-hydrogen) atoms. The number of hydrogen-bond acceptors (Lipinski definition) is 5. The Kier molecular flexibility index (Phi) is 5.71. The summed E-state index contributed by atoms with van der Waals surface area (Å²) in [5.41, 5.74) is 1.71. The standard InChI is InChI=1S/C17H18BrN3O2S2/c1-9-3-5-11-12(7-9)25-15(14(11)16(22)23-2)21-17(24)20-13-6-4-10(18)8-19-13/h4,6,8-9H,3,5,7H2,1-2H3,(H2,19,20,21,24)/t9-/m0/s1. The van der Waals surface area contributed by atoms with E-state index in [0.29, 0.717) is 22.4 Å². The van der Waals surface area contributed by atoms with Gasteiger partial charge in [0.2, 0.25) is 0 Å². The number of aromatic nitrogens is 1. The first kappa shape index (κ1) is 18.3. The predicted molar refractivity (Wildman–Crippen MR) is 109 cm³/mol. The minimum absolute atomic E-state index is 0.320. The van der Waals surface area contributed by atoms with E-state index in [1.165, 1.54) is 12.0 Å². The first-order chi connectivity index (χ1) is 12.0. The number of esters is 1. The second kappa shape index (κ2) is 7.80. The fourth-order valence-corrected chi connectivity index (χ4v) is 4.77. The summed E-state index contributed by atoms with van der Waals surface area (Å²) >= 11 is 10.3. The molecule has 132 valence electrons. The van der Waals surface area contributed by atoms with Crippen LogP contribution in [0.5, 0.6) is 0 Å². The van der Waals surface area contributed by atoms with Crippen molar-refractivity contribution in [1.82, 2.24) is 4.98 Å². The lowest BCUT2D eigenvalue weighted by Gasteiger charge is -2.18. The van der Waals surface area contributed by atoms with Gasteiger partial charge in [0.05, 0.1) is 12.7 Å². The smallest absolute Gasteiger partial charge is 0.341 e. The number of pyridine rings is 1. The van der Waals surface area contributed by atoms with E-state index >= 15 is 0 Å². The van der Waals surface area contributed by atoms with E-state index in [-0.39, 0.29) is 5.97 Å². The molecular weight excluding hydrogens is 422 g/mol. The molecule has 3 rings (SSSR count). The van der Waals surface area contributed by atoms with Gasteiger partial charge in [-0.1, -0.05) is 6.92 Å². The normalized spacial score (nSPS) is 16.0. The minimum Gasteiger partial charge on any atom is -0.465 e. The Morgan fingerprint density at radius 3 is 2.92 bits per heavy atom. The molecule has 2 aromatic heterocycles. The van der Waals surface area contributed by atoms with Gasteiger partial charge in [0.25, 0.3) is 0 Å². The highest BCUT2D eigenvalue weighted by Crippen LogP contribution is 2.40. The van der Waals surface area contributed by atoms with Crippen molar-refractivity contribution in [3.05, 3.63) is 38.8 Å². The molecule has 0 fully saturated rings. The van der Waals surface area contributed by atoms with E-state index in [1.54, 1.807) is 17.5 Å². The summed E-state index contributed by atoms with van der Waals surface area (Å²) in [6.45, 7) is 2.24. The summed E-state index contributed by atoms with van der Waals surface area (Å²) in [6, 6.07) is 3.70. The number of carbonyl (C=O) groups is 1. The fraction of sp³-hybridized carbons (Fsp3) is 0.353. The second-order valence-electron chi connectivity index (χ2n) is 5.99. The molecular formula is C17H18BrN3O2S2. The Morgan fingerprint density at radius 2 is 2.24 bits per heavy atom. The number of methoxy groups -OCH3 is 1. The van der Waals surface area contributed by atoms with Crippen molar-refractivity contribution in [2.24, 2.45) is 5.92 Å². The Morgan fingerprint density at radius 1 is 1.44 bits per heavy atom. The molecule has 0 unspecified atom stereocenters. The van der Waals surface area contributed by atoms with Crippen LogP contribution in [0.4, 0.5) is 10.8 Å². The summed E-state index contributed by atoms with van der Waals surface area (Å²) < 4.78 is 5.88. The number of thiophene rings is 1. The van der Waals surface area contributed by atoms with Gasteiger partial charge >= 0.3 is 5.97 Å². The van der Waals surface area contributed by atoms with Gasteiger partial charge in [0, 0.05) is 15.5 Å². The number of carbonyl (C=O) groups excluding carboxylic acids is 1. The van der Waals surface area contributed by atoms with E-state index in [9.17, 15) is 4.79 Å². The lowest BCUT2D eigenvalue weighted by molar-refractivity contribution is 0.0601. The number of fused-ring (bicyclic) bond motifs is 1. The van der Waals surface area contributed by atoms with Crippen LogP contribution >= 0.6 is 39.5 Å². The number of nitrogens with zero attached hydrogens (tertiary/aromatic N) is 1. The number of ether oxygens (including phenoxy) is 1. The van der Waals surface area contributed by atoms with E-state index in [4.69, 9.17) is 17.0 Å². The molecule has 2 aromatic rings. The third-order valence-electron chi connectivity index (χ3n) is 4.10. The highest BCUT2D eigenvalue weighted by Gasteiger charge is 2.28. The van der Waals surface area contributed by atoms with Crippen molar-refractivity contribution in [3.8, 4) is 0 Å². The second-order valence-corrected chi connectivity index (χ2v) is 8.42. The van der Waals surface area contributed by atoms with Crippen LogP contribution in [0.25, 0.3) is 0 Å². The summed E-state index contributed by atoms with van der Waals surface area (Å²) in [6.07, 6.45) is 4.66. The number of halogens is 1. The lowest BCUT2D eigenvalue weighted by Crippen LogP contribution is -2.21. The molecule has 0 bridgehead atoms. The van der Waals surface area contributed by atoms with Gasteiger partial charge in [-0.05, 0) is 71.0 Å². The summed E-state index contributed by atoms with van der Waals surface area (Å²) in [4.78, 5) is 17.8. The van der Waals surface area contributed by atoms with E-state index in [0.717, 1.165) is 34.3 Å². The number of thiocarbonyl (C=S) groups is 1. The molecule has 5 nitrogen and oxygen atoms in total. The summed E-state index contributed by atoms with van der Waals surface area (Å²) in [5, 5.41) is 7.31. The zero-order chi connectivity index (χ0) is 18.0. The van der Waals surface area contributed by atoms with E-state index in [1.807, 2.05) is 12.1 Å². The van der Waals surface area contributed by atoms with Gasteiger partial charge in [-0.3, -0.25) is 0 Å². The van der Waals surface area contributed by atoms with Gasteiger partial charge in [0.1, 0.15) is 10.8 Å². The molecule has 1 atom stereocenters. The quantitative estimate of drug-likeness (QED) is 0.536. The van der Waals surface area contributed by atoms with Crippen molar-refractivity contribution >= 4 is 61.4 Å². The van der Waals surface area contributed by atoms with Crippen molar-refractivity contribution in [2.75, 3.05) is 17.7 Å². The maximum Gasteiger partial charge on any atom is 0.341 e. The lowest BCUT2D eigenvalue weighted by atomic mass is 9.88. The average Bonchev–Trinajstić information content (AvgIpc) is 2.92. The molecule has 0 saturated heterocycles. The van der Waals surface area contributed by atoms with Crippen LogP contribution in [0.3, 0.4) is 0 Å². The van der Waals surface area contributed by atoms with E-state index < -0.39 is 0 Å². The molecule has 1 aliphatic rings. The Labute approximate surface area is 164 Å². The summed E-state index contributed by atoms with van der Waals surface area (Å²) in [7, 11) is 1.41. The molecule has 0 spiro atoms. The molecule has 1 aliphatic carbocycles. The van der Waals surface area contributed by atoms with Crippen molar-refractivity contribution < 1.29 is 9.53 Å². The van der Waals surface area contributed by atoms with Gasteiger partial charge < -0.3 is 15.4 Å². The van der Waals surface area contributed by atoms with Gasteiger partial charge in [-0.2, -0.15) is 0 Å². The monoisotopic (exact) mass is 439 g/mol. The third-order valence-corrected chi connectivity index (χ3v) is 5.94. The summed E-state index contributed by atoms with van der Waals surface area (Å²) in [5.74, 6) is 0.941. The van der Waals surface area contributed by atoms with Gasteiger partial charge in [0.15, 0.2) is 5.11 Å². The van der Waals surface area contributed by atoms with Gasteiger partial charge in [-0.25, -0.2) is 9.78 Å². The number of rotatable bonds is 3. The third kappa shape index (κ3) is 4.19. The van der Waals surface area contributed by atoms with Crippen molar-refractivity contribution in [1.29, 1.82) is 0 Å². The molecule has 0 radical (unpaired) electrons. The molecule has 0 saturated carbocycles. The highest BCUT2D eigenvalue weighted by molar-refractivity contribution is 9.10. The Balaban J connectivity index is 1.82. The first-order valence-electron chi connectivity index (χ1n) is 7.90. The predicted octanol–water partition coefficient (Wildman–Crippen LogP) is 4.63. The highest BCUT2D eigenvalue weighted by atomic mass is 79.9. The van der Waals surface area contributed by atoms with Crippen LogP contribution in [0, 0.1) is 5.92 Å². The fourth-order valence-electron chi connectivity index (χ4n) is 2.86. The van der Waals surface area contributed by atoms with Crippen molar-refractivity contribution in [3.63, 3.8) is 0 Å². The first-order valence-corrected chi connectivity index (χ1v) is 9.92. The zero-order valence-electron chi connectivity index (χ0n) is 13.9. The average molecular weight is 440 g/mol. The van der Waals surface area contributed by atoms with Gasteiger partial charge in [-0.15, -0.1) is 11.3 Å². The zero-order valence-corrected chi connectivity index (χ0v) is 17.1.